The highest BCUT2D eigenvalue weighted by molar-refractivity contribution is 7.99. The van der Waals surface area contributed by atoms with Crippen LogP contribution in [-0.2, 0) is 11.3 Å². The van der Waals surface area contributed by atoms with Gasteiger partial charge in [0.1, 0.15) is 11.5 Å². The van der Waals surface area contributed by atoms with Gasteiger partial charge in [-0.25, -0.2) is 0 Å². The molecule has 0 aliphatic carbocycles. The zero-order valence-corrected chi connectivity index (χ0v) is 17.6. The Morgan fingerprint density at radius 3 is 2.40 bits per heavy atom. The van der Waals surface area contributed by atoms with Crippen molar-refractivity contribution in [1.82, 2.24) is 20.1 Å². The van der Waals surface area contributed by atoms with Gasteiger partial charge in [0.2, 0.25) is 5.91 Å². The van der Waals surface area contributed by atoms with Crippen LogP contribution in [0, 0.1) is 13.8 Å². The van der Waals surface area contributed by atoms with Crippen LogP contribution in [0.2, 0.25) is 0 Å². The van der Waals surface area contributed by atoms with E-state index in [0.717, 1.165) is 34.2 Å². The topological polar surface area (TPSA) is 73.0 Å². The number of amides is 1. The molecule has 0 aliphatic rings. The average molecular weight is 419 g/mol. The summed E-state index contributed by atoms with van der Waals surface area (Å²) in [7, 11) is 0. The van der Waals surface area contributed by atoms with Gasteiger partial charge < -0.3 is 9.73 Å². The number of hydrogen-bond donors (Lipinski definition) is 1. The number of hydrogen-bond acceptors (Lipinski definition) is 5. The van der Waals surface area contributed by atoms with Gasteiger partial charge >= 0.3 is 0 Å². The largest absolute Gasteiger partial charge is 0.466 e. The Labute approximate surface area is 179 Å². The summed E-state index contributed by atoms with van der Waals surface area (Å²) in [6, 6.07) is 21.8. The summed E-state index contributed by atoms with van der Waals surface area (Å²) < 4.78 is 7.49. The van der Waals surface area contributed by atoms with Gasteiger partial charge in [-0.3, -0.25) is 9.36 Å². The number of rotatable bonds is 7. The van der Waals surface area contributed by atoms with Crippen molar-refractivity contribution in [2.75, 3.05) is 5.75 Å². The van der Waals surface area contributed by atoms with Crippen LogP contribution < -0.4 is 5.32 Å². The summed E-state index contributed by atoms with van der Waals surface area (Å²) in [6.07, 6.45) is 0. The van der Waals surface area contributed by atoms with Crippen molar-refractivity contribution >= 4 is 17.7 Å². The quantitative estimate of drug-likeness (QED) is 0.446. The molecule has 4 aromatic rings. The van der Waals surface area contributed by atoms with Gasteiger partial charge in [0, 0.05) is 23.4 Å². The minimum absolute atomic E-state index is 0.0675. The van der Waals surface area contributed by atoms with Crippen molar-refractivity contribution in [3.05, 3.63) is 83.8 Å². The second kappa shape index (κ2) is 9.00. The van der Waals surface area contributed by atoms with E-state index in [1.54, 1.807) is 0 Å². The third-order valence-electron chi connectivity index (χ3n) is 4.63. The highest BCUT2D eigenvalue weighted by Crippen LogP contribution is 2.27. The van der Waals surface area contributed by atoms with E-state index in [0.29, 0.717) is 11.7 Å². The fourth-order valence-corrected chi connectivity index (χ4v) is 3.96. The maximum atomic E-state index is 12.4. The lowest BCUT2D eigenvalue weighted by Gasteiger charge is -2.10. The SMILES string of the molecule is Cc1cc(CNC(=O)CSc2nnc(-c3ccccc3)n2-c2ccccc2)c(C)o1. The molecule has 0 atom stereocenters. The summed E-state index contributed by atoms with van der Waals surface area (Å²) in [6.45, 7) is 4.24. The highest BCUT2D eigenvalue weighted by atomic mass is 32.2. The van der Waals surface area contributed by atoms with Crippen LogP contribution in [-0.4, -0.2) is 26.4 Å². The monoisotopic (exact) mass is 418 g/mol. The van der Waals surface area contributed by atoms with Crippen molar-refractivity contribution in [3.63, 3.8) is 0 Å². The molecule has 30 heavy (non-hydrogen) atoms. The zero-order chi connectivity index (χ0) is 20.9. The lowest BCUT2D eigenvalue weighted by atomic mass is 10.2. The minimum atomic E-state index is -0.0675. The van der Waals surface area contributed by atoms with Crippen LogP contribution >= 0.6 is 11.8 Å². The van der Waals surface area contributed by atoms with Gasteiger partial charge in [0.05, 0.1) is 5.75 Å². The van der Waals surface area contributed by atoms with Crippen LogP contribution in [0.25, 0.3) is 17.1 Å². The summed E-state index contributed by atoms with van der Waals surface area (Å²) in [5.41, 5.74) is 2.91. The van der Waals surface area contributed by atoms with Crippen molar-refractivity contribution in [2.24, 2.45) is 0 Å². The van der Waals surface area contributed by atoms with Gasteiger partial charge in [-0.05, 0) is 32.0 Å². The number of para-hydroxylation sites is 1. The maximum Gasteiger partial charge on any atom is 0.230 e. The molecule has 0 saturated carbocycles. The number of thioether (sulfide) groups is 1. The lowest BCUT2D eigenvalue weighted by molar-refractivity contribution is -0.118. The molecule has 2 aromatic heterocycles. The van der Waals surface area contributed by atoms with Gasteiger partial charge in [0.25, 0.3) is 0 Å². The van der Waals surface area contributed by atoms with Gasteiger partial charge in [-0.15, -0.1) is 10.2 Å². The molecule has 1 N–H and O–H groups in total. The fraction of sp³-hybridized carbons (Fsp3) is 0.174. The molecular weight excluding hydrogens is 396 g/mol. The fourth-order valence-electron chi connectivity index (χ4n) is 3.18. The van der Waals surface area contributed by atoms with Crippen LogP contribution in [0.4, 0.5) is 0 Å². The molecule has 152 valence electrons. The molecule has 7 heteroatoms. The molecule has 4 rings (SSSR count). The normalized spacial score (nSPS) is 10.9. The molecule has 1 amide bonds. The van der Waals surface area contributed by atoms with Gasteiger partial charge in [0.15, 0.2) is 11.0 Å². The van der Waals surface area contributed by atoms with E-state index in [2.05, 4.69) is 15.5 Å². The van der Waals surface area contributed by atoms with E-state index in [1.807, 2.05) is 85.1 Å². The first-order chi connectivity index (χ1) is 14.6. The highest BCUT2D eigenvalue weighted by Gasteiger charge is 2.17. The summed E-state index contributed by atoms with van der Waals surface area (Å²) in [4.78, 5) is 12.4. The Hall–Kier alpha value is -3.32. The van der Waals surface area contributed by atoms with Gasteiger partial charge in [-0.2, -0.15) is 0 Å². The van der Waals surface area contributed by atoms with E-state index in [1.165, 1.54) is 11.8 Å². The molecule has 0 bridgehead atoms. The summed E-state index contributed by atoms with van der Waals surface area (Å²) in [5.74, 6) is 2.60. The number of aromatic nitrogens is 3. The zero-order valence-electron chi connectivity index (χ0n) is 16.8. The predicted octanol–water partition coefficient (Wildman–Crippen LogP) is 4.55. The Balaban J connectivity index is 1.51. The molecule has 2 heterocycles. The van der Waals surface area contributed by atoms with Crippen LogP contribution in [0.5, 0.6) is 0 Å². The Morgan fingerprint density at radius 1 is 1.03 bits per heavy atom. The molecular formula is C23H22N4O2S. The van der Waals surface area contributed by atoms with Crippen molar-refractivity contribution < 1.29 is 9.21 Å². The molecule has 0 unspecified atom stereocenters. The second-order valence-electron chi connectivity index (χ2n) is 6.85. The standard InChI is InChI=1S/C23H22N4O2S/c1-16-13-19(17(2)29-16)14-24-21(28)15-30-23-26-25-22(18-9-5-3-6-10-18)27(23)20-11-7-4-8-12-20/h3-13H,14-15H2,1-2H3,(H,24,28). The van der Waals surface area contributed by atoms with Crippen molar-refractivity contribution in [3.8, 4) is 17.1 Å². The first kappa shape index (κ1) is 20.0. The van der Waals surface area contributed by atoms with Crippen LogP contribution in [0.1, 0.15) is 17.1 Å². The maximum absolute atomic E-state index is 12.4. The minimum Gasteiger partial charge on any atom is -0.466 e. The van der Waals surface area contributed by atoms with E-state index in [-0.39, 0.29) is 11.7 Å². The van der Waals surface area contributed by atoms with Crippen LogP contribution in [0.3, 0.4) is 0 Å². The number of carbonyl (C=O) groups excluding carboxylic acids is 1. The summed E-state index contributed by atoms with van der Waals surface area (Å²) in [5, 5.41) is 12.4. The number of nitrogens with zero attached hydrogens (tertiary/aromatic N) is 3. The summed E-state index contributed by atoms with van der Waals surface area (Å²) >= 11 is 1.36. The Morgan fingerprint density at radius 2 is 1.73 bits per heavy atom. The van der Waals surface area contributed by atoms with E-state index in [9.17, 15) is 4.79 Å². The van der Waals surface area contributed by atoms with Crippen molar-refractivity contribution in [1.29, 1.82) is 0 Å². The molecule has 2 aromatic carbocycles. The number of furan rings is 1. The lowest BCUT2D eigenvalue weighted by Crippen LogP contribution is -2.24. The number of nitrogens with one attached hydrogen (secondary N) is 1. The molecule has 6 nitrogen and oxygen atoms in total. The third-order valence-corrected chi connectivity index (χ3v) is 5.56. The van der Waals surface area contributed by atoms with E-state index < -0.39 is 0 Å². The predicted molar refractivity (Wildman–Crippen MR) is 118 cm³/mol. The molecule has 0 spiro atoms. The number of carbonyl (C=O) groups is 1. The number of aryl methyl sites for hydroxylation is 2. The average Bonchev–Trinajstić information content (AvgIpc) is 3.34. The second-order valence-corrected chi connectivity index (χ2v) is 7.79. The molecule has 0 saturated heterocycles. The first-order valence-corrected chi connectivity index (χ1v) is 10.6. The third kappa shape index (κ3) is 4.46. The molecule has 0 fully saturated rings. The van der Waals surface area contributed by atoms with E-state index in [4.69, 9.17) is 4.42 Å². The molecule has 0 radical (unpaired) electrons. The van der Waals surface area contributed by atoms with E-state index >= 15 is 0 Å². The first-order valence-electron chi connectivity index (χ1n) is 9.63. The van der Waals surface area contributed by atoms with Crippen molar-refractivity contribution in [2.45, 2.75) is 25.5 Å². The van der Waals surface area contributed by atoms with Gasteiger partial charge in [-0.1, -0.05) is 60.3 Å². The van der Waals surface area contributed by atoms with Crippen LogP contribution in [0.15, 0.2) is 76.3 Å². The smallest absolute Gasteiger partial charge is 0.230 e. The number of benzene rings is 2. The Bertz CT molecular complexity index is 1140. The Kier molecular flexibility index (Phi) is 5.99. The molecule has 0 aliphatic heterocycles.